The van der Waals surface area contributed by atoms with Crippen molar-refractivity contribution in [2.24, 2.45) is 0 Å². The summed E-state index contributed by atoms with van der Waals surface area (Å²) in [5.74, 6) is -1.02. The third-order valence-electron chi connectivity index (χ3n) is 12.8. The van der Waals surface area contributed by atoms with Crippen molar-refractivity contribution in [1.82, 2.24) is 0 Å². The van der Waals surface area contributed by atoms with E-state index in [2.05, 4.69) is 62.5 Å². The van der Waals surface area contributed by atoms with Crippen LogP contribution < -0.4 is 0 Å². The van der Waals surface area contributed by atoms with E-state index in [0.29, 0.717) is 12.8 Å². The van der Waals surface area contributed by atoms with Gasteiger partial charge in [-0.2, -0.15) is 0 Å². The molecule has 0 aromatic carbocycles. The van der Waals surface area contributed by atoms with Crippen molar-refractivity contribution in [2.75, 3.05) is 26.4 Å². The van der Waals surface area contributed by atoms with E-state index in [-0.39, 0.29) is 19.4 Å². The van der Waals surface area contributed by atoms with Crippen LogP contribution in [0.3, 0.4) is 0 Å². The van der Waals surface area contributed by atoms with Crippen LogP contribution in [0.2, 0.25) is 0 Å². The maximum absolute atomic E-state index is 13.0. The van der Waals surface area contributed by atoms with Crippen molar-refractivity contribution < 1.29 is 73.8 Å². The zero-order chi connectivity index (χ0) is 51.7. The number of carbonyl (C=O) groups excluding carboxylic acids is 2. The molecule has 2 rings (SSSR count). The molecule has 4 unspecified atom stereocenters. The molecule has 0 spiro atoms. The summed E-state index contributed by atoms with van der Waals surface area (Å²) in [6.45, 7) is 2.50. The summed E-state index contributed by atoms with van der Waals surface area (Å²) < 4.78 is 33.5. The number of unbranched alkanes of at least 4 members (excludes halogenated alkanes) is 18. The van der Waals surface area contributed by atoms with Gasteiger partial charge in [0.05, 0.1) is 19.8 Å². The van der Waals surface area contributed by atoms with Crippen LogP contribution in [0.25, 0.3) is 0 Å². The molecule has 15 nitrogen and oxygen atoms in total. The quantitative estimate of drug-likeness (QED) is 0.0173. The van der Waals surface area contributed by atoms with Gasteiger partial charge >= 0.3 is 11.9 Å². The topological polar surface area (TPSA) is 231 Å². The van der Waals surface area contributed by atoms with Crippen molar-refractivity contribution in [2.45, 2.75) is 255 Å². The third kappa shape index (κ3) is 30.2. The highest BCUT2D eigenvalue weighted by Crippen LogP contribution is 2.26. The van der Waals surface area contributed by atoms with Crippen LogP contribution in [0.15, 0.2) is 60.8 Å². The molecular weight excluding hydrogens is 913 g/mol. The predicted octanol–water partition coefficient (Wildman–Crippen LogP) is 8.44. The molecule has 15 heteroatoms. The highest BCUT2D eigenvalue weighted by Gasteiger charge is 2.47. The number of carbonyl (C=O) groups is 2. The standard InChI is InChI=1S/C56H96O15/c1-3-5-7-9-11-13-15-17-19-21-22-23-25-26-28-30-32-34-36-38-47(58)66-41-44(69-48(59)39-37-35-33-31-29-27-24-20-18-16-14-12-10-8-6-4-2)42-67-55-54(65)52(63)50(61)46(71-55)43-68-56-53(64)51(62)49(60)45(40-57)70-56/h11,13,17,19,22-23,26,28,32,34,44-46,49-57,60-65H,3-10,12,14-16,18,20-21,24-25,27,29-31,33,35-43H2,1-2H3/b13-11+,19-17+,23-22+,28-26+,34-32+/t44-,45+,46+,49-,50-,51?,52?,53?,54?,55+,56+/m0/s1. The van der Waals surface area contributed by atoms with Gasteiger partial charge in [-0.15, -0.1) is 0 Å². The lowest BCUT2D eigenvalue weighted by Crippen LogP contribution is -2.61. The Bertz CT molecular complexity index is 1470. The Hall–Kier alpha value is -2.80. The molecule has 11 atom stereocenters. The normalized spacial score (nSPS) is 25.6. The Morgan fingerprint density at radius 2 is 0.873 bits per heavy atom. The fourth-order valence-corrected chi connectivity index (χ4v) is 8.26. The van der Waals surface area contributed by atoms with E-state index in [0.717, 1.165) is 51.4 Å². The van der Waals surface area contributed by atoms with E-state index in [4.69, 9.17) is 28.4 Å². The molecule has 0 amide bonds. The molecular formula is C56H96O15. The lowest BCUT2D eigenvalue weighted by molar-refractivity contribution is -0.332. The zero-order valence-corrected chi connectivity index (χ0v) is 43.4. The van der Waals surface area contributed by atoms with Crippen LogP contribution in [0.4, 0.5) is 0 Å². The molecule has 2 heterocycles. The van der Waals surface area contributed by atoms with Gasteiger partial charge in [0.1, 0.15) is 55.4 Å². The summed E-state index contributed by atoms with van der Waals surface area (Å²) in [7, 11) is 0. The molecule has 2 aliphatic rings. The first-order valence-corrected chi connectivity index (χ1v) is 27.4. The molecule has 410 valence electrons. The Labute approximate surface area is 426 Å². The van der Waals surface area contributed by atoms with Gasteiger partial charge in [0.2, 0.25) is 0 Å². The summed E-state index contributed by atoms with van der Waals surface area (Å²) in [6.07, 6.45) is 32.5. The molecule has 0 aromatic heterocycles. The molecule has 0 bridgehead atoms. The lowest BCUT2D eigenvalue weighted by atomic mass is 9.98. The first-order valence-electron chi connectivity index (χ1n) is 27.4. The molecule has 0 aliphatic carbocycles. The van der Waals surface area contributed by atoms with Crippen LogP contribution in [0.1, 0.15) is 187 Å². The van der Waals surface area contributed by atoms with E-state index in [1.165, 1.54) is 96.3 Å². The number of aliphatic hydroxyl groups is 7. The minimum Gasteiger partial charge on any atom is -0.462 e. The van der Waals surface area contributed by atoms with Crippen molar-refractivity contribution in [3.63, 3.8) is 0 Å². The van der Waals surface area contributed by atoms with Crippen molar-refractivity contribution in [1.29, 1.82) is 0 Å². The predicted molar refractivity (Wildman–Crippen MR) is 275 cm³/mol. The fraction of sp³-hybridized carbons (Fsp3) is 0.786. The average Bonchev–Trinajstić information content (AvgIpc) is 3.36. The molecule has 0 saturated carbocycles. The Balaban J connectivity index is 1.82. The van der Waals surface area contributed by atoms with E-state index in [1.807, 2.05) is 12.2 Å². The van der Waals surface area contributed by atoms with E-state index >= 15 is 0 Å². The molecule has 0 radical (unpaired) electrons. The van der Waals surface area contributed by atoms with Gasteiger partial charge in [0.25, 0.3) is 0 Å². The number of rotatable bonds is 42. The van der Waals surface area contributed by atoms with Gasteiger partial charge in [-0.25, -0.2) is 0 Å². The number of hydrogen-bond acceptors (Lipinski definition) is 15. The number of allylic oxidation sites excluding steroid dienone is 10. The van der Waals surface area contributed by atoms with E-state index in [1.54, 1.807) is 0 Å². The fourth-order valence-electron chi connectivity index (χ4n) is 8.26. The van der Waals surface area contributed by atoms with Crippen molar-refractivity contribution >= 4 is 11.9 Å². The molecule has 2 fully saturated rings. The molecule has 71 heavy (non-hydrogen) atoms. The van der Waals surface area contributed by atoms with E-state index in [9.17, 15) is 45.3 Å². The first kappa shape index (κ1) is 64.3. The van der Waals surface area contributed by atoms with Gasteiger partial charge < -0.3 is 64.2 Å². The lowest BCUT2D eigenvalue weighted by Gasteiger charge is -2.42. The Morgan fingerprint density at radius 3 is 1.38 bits per heavy atom. The highest BCUT2D eigenvalue weighted by atomic mass is 16.7. The molecule has 0 aromatic rings. The maximum atomic E-state index is 13.0. The minimum atomic E-state index is -1.78. The van der Waals surface area contributed by atoms with Crippen LogP contribution in [0.5, 0.6) is 0 Å². The van der Waals surface area contributed by atoms with Crippen LogP contribution >= 0.6 is 0 Å². The Kier molecular flexibility index (Phi) is 38.5. The summed E-state index contributed by atoms with van der Waals surface area (Å²) in [5.41, 5.74) is 0. The van der Waals surface area contributed by atoms with Crippen LogP contribution in [-0.4, -0.2) is 142 Å². The second kappa shape index (κ2) is 42.5. The molecule has 7 N–H and O–H groups in total. The molecule has 2 aliphatic heterocycles. The second-order valence-corrected chi connectivity index (χ2v) is 19.1. The maximum Gasteiger partial charge on any atom is 0.306 e. The number of hydrogen-bond donors (Lipinski definition) is 7. The summed E-state index contributed by atoms with van der Waals surface area (Å²) in [5, 5.41) is 72.2. The number of ether oxygens (including phenoxy) is 6. The van der Waals surface area contributed by atoms with Gasteiger partial charge in [-0.3, -0.25) is 9.59 Å². The van der Waals surface area contributed by atoms with Crippen LogP contribution in [0, 0.1) is 0 Å². The largest absolute Gasteiger partial charge is 0.462 e. The first-order chi connectivity index (χ1) is 34.5. The third-order valence-corrected chi connectivity index (χ3v) is 12.8. The second-order valence-electron chi connectivity index (χ2n) is 19.1. The van der Waals surface area contributed by atoms with Crippen molar-refractivity contribution in [3.05, 3.63) is 60.8 Å². The van der Waals surface area contributed by atoms with Gasteiger partial charge in [-0.05, 0) is 51.4 Å². The highest BCUT2D eigenvalue weighted by molar-refractivity contribution is 5.70. The summed E-state index contributed by atoms with van der Waals surface area (Å²) in [6, 6.07) is 0. The van der Waals surface area contributed by atoms with Crippen molar-refractivity contribution in [3.8, 4) is 0 Å². The monoisotopic (exact) mass is 1010 g/mol. The summed E-state index contributed by atoms with van der Waals surface area (Å²) in [4.78, 5) is 25.8. The average molecular weight is 1010 g/mol. The van der Waals surface area contributed by atoms with Gasteiger partial charge in [-0.1, -0.05) is 184 Å². The molecule has 2 saturated heterocycles. The van der Waals surface area contributed by atoms with E-state index < -0.39 is 99.3 Å². The minimum absolute atomic E-state index is 0.0937. The summed E-state index contributed by atoms with van der Waals surface area (Å²) >= 11 is 0. The Morgan fingerprint density at radius 1 is 0.451 bits per heavy atom. The van der Waals surface area contributed by atoms with Gasteiger partial charge in [0, 0.05) is 12.8 Å². The van der Waals surface area contributed by atoms with Crippen LogP contribution in [-0.2, 0) is 38.0 Å². The smallest absolute Gasteiger partial charge is 0.306 e. The SMILES string of the molecule is CCCCC/C=C/C/C=C/C/C=C/C/C=C/C/C=C/CCC(=O)OC[C@@H](CO[C@@H]1O[C@H](CO[C@@H]2O[C@H](CO)[C@H](O)C(O)C2O)[C@H](O)C(O)C1O)OC(=O)CCCCCCCCCCCCCCCCCC. The van der Waals surface area contributed by atoms with Gasteiger partial charge in [0.15, 0.2) is 18.7 Å². The number of aliphatic hydroxyl groups excluding tert-OH is 7. The zero-order valence-electron chi connectivity index (χ0n) is 43.4. The number of esters is 2.